The zero-order chi connectivity index (χ0) is 22.5. The lowest BCUT2D eigenvalue weighted by molar-refractivity contribution is -0.112. The molecule has 0 spiro atoms. The van der Waals surface area contributed by atoms with E-state index in [0.717, 1.165) is 16.5 Å². The number of nitriles is 2. The standard InChI is InChI=1S/C26H17FN4O/c27-22-9-11-23(12-10-22)30-26(32)20(15-29)13-21-17-31(25-8-4-3-7-24(21)25)16-19-6-2-1-5-18(19)14-28/h1-13,17H,16H2,(H,30,32). The summed E-state index contributed by atoms with van der Waals surface area (Å²) in [4.78, 5) is 12.6. The van der Waals surface area contributed by atoms with Crippen LogP contribution < -0.4 is 5.32 Å². The monoisotopic (exact) mass is 420 g/mol. The first-order valence-electron chi connectivity index (χ1n) is 9.83. The summed E-state index contributed by atoms with van der Waals surface area (Å²) in [6.45, 7) is 0.474. The van der Waals surface area contributed by atoms with Gasteiger partial charge in [-0.2, -0.15) is 10.5 Å². The molecule has 0 aliphatic heterocycles. The van der Waals surface area contributed by atoms with Gasteiger partial charge in [-0.15, -0.1) is 0 Å². The summed E-state index contributed by atoms with van der Waals surface area (Å²) < 4.78 is 15.1. The van der Waals surface area contributed by atoms with E-state index in [0.29, 0.717) is 23.4 Å². The van der Waals surface area contributed by atoms with Crippen LogP contribution in [-0.4, -0.2) is 10.5 Å². The largest absolute Gasteiger partial charge is 0.342 e. The van der Waals surface area contributed by atoms with Crippen molar-refractivity contribution in [2.24, 2.45) is 0 Å². The fourth-order valence-electron chi connectivity index (χ4n) is 3.51. The van der Waals surface area contributed by atoms with Gasteiger partial charge < -0.3 is 9.88 Å². The van der Waals surface area contributed by atoms with Gasteiger partial charge >= 0.3 is 0 Å². The lowest BCUT2D eigenvalue weighted by Gasteiger charge is -2.07. The van der Waals surface area contributed by atoms with Gasteiger partial charge in [-0.3, -0.25) is 4.79 Å². The number of para-hydroxylation sites is 1. The predicted octanol–water partition coefficient (Wildman–Crippen LogP) is 5.25. The summed E-state index contributed by atoms with van der Waals surface area (Å²) >= 11 is 0. The molecule has 0 aliphatic carbocycles. The highest BCUT2D eigenvalue weighted by molar-refractivity contribution is 6.10. The quantitative estimate of drug-likeness (QED) is 0.354. The summed E-state index contributed by atoms with van der Waals surface area (Å²) in [5.41, 5.74) is 3.42. The maximum atomic E-state index is 13.1. The number of fused-ring (bicyclic) bond motifs is 1. The number of carbonyl (C=O) groups excluding carboxylic acids is 1. The second kappa shape index (κ2) is 8.99. The van der Waals surface area contributed by atoms with Crippen LogP contribution in [0.2, 0.25) is 0 Å². The van der Waals surface area contributed by atoms with E-state index in [1.54, 1.807) is 6.07 Å². The van der Waals surface area contributed by atoms with Crippen LogP contribution in [0.1, 0.15) is 16.7 Å². The first-order valence-corrected chi connectivity index (χ1v) is 9.83. The molecule has 4 rings (SSSR count). The van der Waals surface area contributed by atoms with Gasteiger partial charge in [0.05, 0.1) is 11.6 Å². The van der Waals surface area contributed by atoms with Crippen LogP contribution in [0.4, 0.5) is 10.1 Å². The van der Waals surface area contributed by atoms with Crippen molar-refractivity contribution >= 4 is 28.6 Å². The lowest BCUT2D eigenvalue weighted by atomic mass is 10.1. The van der Waals surface area contributed by atoms with Crippen molar-refractivity contribution in [1.29, 1.82) is 10.5 Å². The summed E-state index contributed by atoms with van der Waals surface area (Å²) in [7, 11) is 0. The molecule has 4 aromatic rings. The summed E-state index contributed by atoms with van der Waals surface area (Å²) in [6, 6.07) is 24.5. The van der Waals surface area contributed by atoms with Crippen molar-refractivity contribution in [2.75, 3.05) is 5.32 Å². The second-order valence-electron chi connectivity index (χ2n) is 7.13. The normalized spacial score (nSPS) is 11.0. The number of halogens is 1. The Hall–Kier alpha value is -4.68. The zero-order valence-corrected chi connectivity index (χ0v) is 16.9. The van der Waals surface area contributed by atoms with Crippen molar-refractivity contribution in [3.8, 4) is 12.1 Å². The minimum atomic E-state index is -0.578. The molecule has 3 aromatic carbocycles. The third-order valence-corrected chi connectivity index (χ3v) is 5.06. The fraction of sp³-hybridized carbons (Fsp3) is 0.0385. The maximum Gasteiger partial charge on any atom is 0.266 e. The average Bonchev–Trinajstić information content (AvgIpc) is 3.16. The number of anilines is 1. The van der Waals surface area contributed by atoms with Crippen LogP contribution in [0.15, 0.2) is 84.6 Å². The molecule has 1 aromatic heterocycles. The minimum absolute atomic E-state index is 0.0744. The molecule has 154 valence electrons. The predicted molar refractivity (Wildman–Crippen MR) is 121 cm³/mol. The smallest absolute Gasteiger partial charge is 0.266 e. The molecular weight excluding hydrogens is 403 g/mol. The molecular formula is C26H17FN4O. The van der Waals surface area contributed by atoms with Gasteiger partial charge in [-0.05, 0) is 48.0 Å². The van der Waals surface area contributed by atoms with E-state index in [-0.39, 0.29) is 5.57 Å². The van der Waals surface area contributed by atoms with Crippen LogP contribution in [0.3, 0.4) is 0 Å². The van der Waals surface area contributed by atoms with Crippen molar-refractivity contribution < 1.29 is 9.18 Å². The molecule has 0 unspecified atom stereocenters. The van der Waals surface area contributed by atoms with E-state index in [9.17, 15) is 19.7 Å². The van der Waals surface area contributed by atoms with Gasteiger partial charge in [0, 0.05) is 34.9 Å². The van der Waals surface area contributed by atoms with E-state index < -0.39 is 11.7 Å². The van der Waals surface area contributed by atoms with Crippen LogP contribution in [0.25, 0.3) is 17.0 Å². The molecule has 0 radical (unpaired) electrons. The lowest BCUT2D eigenvalue weighted by Crippen LogP contribution is -2.13. The van der Waals surface area contributed by atoms with E-state index >= 15 is 0 Å². The number of nitrogens with one attached hydrogen (secondary N) is 1. The molecule has 1 heterocycles. The third-order valence-electron chi connectivity index (χ3n) is 5.06. The molecule has 0 atom stereocenters. The Morgan fingerprint density at radius 1 is 1.00 bits per heavy atom. The Bertz CT molecular complexity index is 1420. The molecule has 5 nitrogen and oxygen atoms in total. The van der Waals surface area contributed by atoms with Gasteiger partial charge in [-0.1, -0.05) is 36.4 Å². The Kier molecular flexibility index (Phi) is 5.78. The molecule has 0 saturated carbocycles. The molecule has 0 fully saturated rings. The fourth-order valence-corrected chi connectivity index (χ4v) is 3.51. The average molecular weight is 420 g/mol. The van der Waals surface area contributed by atoms with Crippen molar-refractivity contribution in [2.45, 2.75) is 6.54 Å². The van der Waals surface area contributed by atoms with Gasteiger partial charge in [0.25, 0.3) is 5.91 Å². The maximum absolute atomic E-state index is 13.1. The minimum Gasteiger partial charge on any atom is -0.342 e. The highest BCUT2D eigenvalue weighted by atomic mass is 19.1. The molecule has 1 N–H and O–H groups in total. The SMILES string of the molecule is N#CC(=Cc1cn(Cc2ccccc2C#N)c2ccccc12)C(=O)Nc1ccc(F)cc1. The number of hydrogen-bond donors (Lipinski definition) is 1. The van der Waals surface area contributed by atoms with Crippen molar-refractivity contribution in [1.82, 2.24) is 4.57 Å². The number of carbonyl (C=O) groups is 1. The van der Waals surface area contributed by atoms with Gasteiger partial charge in [0.2, 0.25) is 0 Å². The Morgan fingerprint density at radius 2 is 1.72 bits per heavy atom. The number of benzene rings is 3. The molecule has 0 aliphatic rings. The number of hydrogen-bond acceptors (Lipinski definition) is 3. The van der Waals surface area contributed by atoms with Crippen molar-refractivity contribution in [3.05, 3.63) is 107 Å². The molecule has 0 bridgehead atoms. The Balaban J connectivity index is 1.70. The first-order chi connectivity index (χ1) is 15.6. The number of nitrogens with zero attached hydrogens (tertiary/aromatic N) is 3. The van der Waals surface area contributed by atoms with Gasteiger partial charge in [-0.25, -0.2) is 4.39 Å². The topological polar surface area (TPSA) is 81.6 Å². The molecule has 32 heavy (non-hydrogen) atoms. The summed E-state index contributed by atoms with van der Waals surface area (Å²) in [6.07, 6.45) is 3.40. The van der Waals surface area contributed by atoms with Crippen LogP contribution >= 0.6 is 0 Å². The first kappa shape index (κ1) is 20.6. The Labute approximate surface area is 184 Å². The van der Waals surface area contributed by atoms with Crippen molar-refractivity contribution in [3.63, 3.8) is 0 Å². The zero-order valence-electron chi connectivity index (χ0n) is 16.9. The number of amides is 1. The van der Waals surface area contributed by atoms with E-state index in [1.807, 2.05) is 59.3 Å². The number of rotatable bonds is 5. The van der Waals surface area contributed by atoms with Crippen LogP contribution in [-0.2, 0) is 11.3 Å². The third kappa shape index (κ3) is 4.26. The molecule has 0 saturated heterocycles. The molecule has 1 amide bonds. The van der Waals surface area contributed by atoms with E-state index in [4.69, 9.17) is 0 Å². The van der Waals surface area contributed by atoms with E-state index in [1.165, 1.54) is 30.3 Å². The molecule has 6 heteroatoms. The highest BCUT2D eigenvalue weighted by Crippen LogP contribution is 2.25. The Morgan fingerprint density at radius 3 is 2.47 bits per heavy atom. The highest BCUT2D eigenvalue weighted by Gasteiger charge is 2.14. The number of aromatic nitrogens is 1. The van der Waals surface area contributed by atoms with E-state index in [2.05, 4.69) is 11.4 Å². The van der Waals surface area contributed by atoms with Gasteiger partial charge in [0.15, 0.2) is 0 Å². The van der Waals surface area contributed by atoms with Crippen LogP contribution in [0, 0.1) is 28.5 Å². The van der Waals surface area contributed by atoms with Crippen LogP contribution in [0.5, 0.6) is 0 Å². The summed E-state index contributed by atoms with van der Waals surface area (Å²) in [5.74, 6) is -0.990. The summed E-state index contributed by atoms with van der Waals surface area (Å²) in [5, 5.41) is 22.5. The second-order valence-corrected chi connectivity index (χ2v) is 7.13. The van der Waals surface area contributed by atoms with Gasteiger partial charge in [0.1, 0.15) is 17.5 Å².